The van der Waals surface area contributed by atoms with Gasteiger partial charge >= 0.3 is 5.69 Å². The molecule has 1 fully saturated rings. The van der Waals surface area contributed by atoms with Crippen molar-refractivity contribution in [2.75, 3.05) is 13.7 Å². The highest BCUT2D eigenvalue weighted by atomic mass is 16.6. The molecule has 0 bridgehead atoms. The van der Waals surface area contributed by atoms with Gasteiger partial charge in [-0.3, -0.25) is 14.3 Å². The van der Waals surface area contributed by atoms with Crippen molar-refractivity contribution >= 4 is 0 Å². The van der Waals surface area contributed by atoms with Crippen LogP contribution < -0.4 is 11.2 Å². The van der Waals surface area contributed by atoms with E-state index in [0.29, 0.717) is 5.56 Å². The molecule has 6 atom stereocenters. The van der Waals surface area contributed by atoms with Gasteiger partial charge < -0.3 is 24.4 Å². The fourth-order valence-electron chi connectivity index (χ4n) is 2.57. The Bertz CT molecular complexity index is 671. The van der Waals surface area contributed by atoms with Crippen molar-refractivity contribution in [3.05, 3.63) is 32.6 Å². The van der Waals surface area contributed by atoms with Crippen molar-refractivity contribution in [2.45, 2.75) is 57.5 Å². The number of aliphatic hydroxyl groups excluding tert-OH is 2. The van der Waals surface area contributed by atoms with Crippen LogP contribution in [0.1, 0.15) is 25.6 Å². The first kappa shape index (κ1) is 18.8. The molecule has 0 amide bonds. The van der Waals surface area contributed by atoms with Crippen LogP contribution in [0.5, 0.6) is 0 Å². The topological polar surface area (TPSA) is 123 Å². The Kier molecular flexibility index (Phi) is 5.94. The lowest BCUT2D eigenvalue weighted by atomic mass is 10.1. The summed E-state index contributed by atoms with van der Waals surface area (Å²) in [7, 11) is 1.54. The fourth-order valence-corrected chi connectivity index (χ4v) is 2.57. The molecule has 1 aromatic rings. The smallest absolute Gasteiger partial charge is 0.330 e. The van der Waals surface area contributed by atoms with Gasteiger partial charge in [0.05, 0.1) is 18.8 Å². The highest BCUT2D eigenvalue weighted by Gasteiger charge is 2.46. The molecule has 24 heavy (non-hydrogen) atoms. The minimum Gasteiger partial charge on any atom is -0.394 e. The van der Waals surface area contributed by atoms with E-state index in [0.717, 1.165) is 4.57 Å². The van der Waals surface area contributed by atoms with Crippen LogP contribution in [0.15, 0.2) is 15.8 Å². The van der Waals surface area contributed by atoms with Gasteiger partial charge in [0.2, 0.25) is 0 Å². The van der Waals surface area contributed by atoms with Crippen molar-refractivity contribution in [3.63, 3.8) is 0 Å². The van der Waals surface area contributed by atoms with Crippen molar-refractivity contribution in [1.29, 1.82) is 0 Å². The van der Waals surface area contributed by atoms with E-state index in [2.05, 4.69) is 4.98 Å². The molecule has 136 valence electrons. The standard InChI is InChI=1S/C15H24N2O7/c1-7-5-17(15(21)16-13(7)20)14-12(11(19)10(6-18)24-14)23-9(3)8(2)22-4/h5,8-12,14,18-19H,6H2,1-4H3,(H,16,20,21)/t8-,9-,10-,11?,12+,14-/m1/s1. The molecule has 2 heterocycles. The molecule has 0 radical (unpaired) electrons. The Balaban J connectivity index is 2.36. The Morgan fingerprint density at radius 1 is 1.38 bits per heavy atom. The number of hydrogen-bond acceptors (Lipinski definition) is 7. The Morgan fingerprint density at radius 2 is 2.04 bits per heavy atom. The summed E-state index contributed by atoms with van der Waals surface area (Å²) in [6.07, 6.45) is -3.21. The van der Waals surface area contributed by atoms with Crippen LogP contribution in [0.3, 0.4) is 0 Å². The summed E-state index contributed by atoms with van der Waals surface area (Å²) in [5.41, 5.74) is -0.855. The number of aliphatic hydroxyl groups is 2. The van der Waals surface area contributed by atoms with E-state index in [-0.39, 0.29) is 6.10 Å². The van der Waals surface area contributed by atoms with Gasteiger partial charge in [-0.2, -0.15) is 0 Å². The number of hydrogen-bond donors (Lipinski definition) is 3. The van der Waals surface area contributed by atoms with E-state index >= 15 is 0 Å². The molecule has 1 unspecified atom stereocenters. The summed E-state index contributed by atoms with van der Waals surface area (Å²) in [5.74, 6) is 0. The quantitative estimate of drug-likeness (QED) is 0.599. The molecule has 1 saturated heterocycles. The number of ether oxygens (including phenoxy) is 3. The number of methoxy groups -OCH3 is 1. The largest absolute Gasteiger partial charge is 0.394 e. The van der Waals surface area contributed by atoms with Crippen LogP contribution in [-0.2, 0) is 14.2 Å². The van der Waals surface area contributed by atoms with Gasteiger partial charge in [-0.1, -0.05) is 0 Å². The third kappa shape index (κ3) is 3.60. The second-order valence-corrected chi connectivity index (χ2v) is 5.96. The maximum atomic E-state index is 12.1. The minimum absolute atomic E-state index is 0.250. The highest BCUT2D eigenvalue weighted by molar-refractivity contribution is 5.03. The number of nitrogens with one attached hydrogen (secondary N) is 1. The van der Waals surface area contributed by atoms with E-state index < -0.39 is 48.5 Å². The predicted molar refractivity (Wildman–Crippen MR) is 83.9 cm³/mol. The number of aromatic amines is 1. The van der Waals surface area contributed by atoms with Gasteiger partial charge in [-0.05, 0) is 20.8 Å². The molecule has 1 aliphatic rings. The van der Waals surface area contributed by atoms with Crippen molar-refractivity contribution < 1.29 is 24.4 Å². The summed E-state index contributed by atoms with van der Waals surface area (Å²) in [6.45, 7) is 4.70. The lowest BCUT2D eigenvalue weighted by Gasteiger charge is -2.28. The van der Waals surface area contributed by atoms with E-state index in [9.17, 15) is 19.8 Å². The number of H-pyrrole nitrogens is 1. The summed E-state index contributed by atoms with van der Waals surface area (Å²) in [4.78, 5) is 25.8. The lowest BCUT2D eigenvalue weighted by molar-refractivity contribution is -0.130. The molecular formula is C15H24N2O7. The molecule has 0 aromatic carbocycles. The molecule has 9 heteroatoms. The lowest BCUT2D eigenvalue weighted by Crippen LogP contribution is -2.43. The zero-order chi connectivity index (χ0) is 18.0. The van der Waals surface area contributed by atoms with Crippen LogP contribution in [0.2, 0.25) is 0 Å². The third-order valence-electron chi connectivity index (χ3n) is 4.32. The van der Waals surface area contributed by atoms with E-state index in [1.807, 2.05) is 6.92 Å². The Hall–Kier alpha value is -1.52. The zero-order valence-electron chi connectivity index (χ0n) is 14.1. The number of rotatable bonds is 6. The van der Waals surface area contributed by atoms with Gasteiger partial charge in [-0.15, -0.1) is 0 Å². The van der Waals surface area contributed by atoms with Gasteiger partial charge in [-0.25, -0.2) is 4.79 Å². The highest BCUT2D eigenvalue weighted by Crippen LogP contribution is 2.32. The SMILES string of the molecule is CO[C@H](C)[C@@H](C)O[C@H]1C(O)[C@@H](CO)O[C@H]1n1cc(C)c(=O)[nH]c1=O. The average Bonchev–Trinajstić information content (AvgIpc) is 2.86. The maximum Gasteiger partial charge on any atom is 0.330 e. The minimum atomic E-state index is -1.13. The van der Waals surface area contributed by atoms with Gasteiger partial charge in [0, 0.05) is 18.9 Å². The third-order valence-corrected chi connectivity index (χ3v) is 4.32. The summed E-state index contributed by atoms with van der Waals surface area (Å²) in [6, 6.07) is 0. The van der Waals surface area contributed by atoms with Gasteiger partial charge in [0.25, 0.3) is 5.56 Å². The molecule has 1 aromatic heterocycles. The van der Waals surface area contributed by atoms with Gasteiger partial charge in [0.15, 0.2) is 6.23 Å². The molecule has 2 rings (SSSR count). The van der Waals surface area contributed by atoms with E-state index in [4.69, 9.17) is 14.2 Å². The molecule has 0 aliphatic carbocycles. The first-order chi connectivity index (χ1) is 11.3. The second-order valence-electron chi connectivity index (χ2n) is 5.96. The van der Waals surface area contributed by atoms with Crippen LogP contribution in [0.4, 0.5) is 0 Å². The summed E-state index contributed by atoms with van der Waals surface area (Å²) < 4.78 is 17.8. The second kappa shape index (κ2) is 7.58. The number of nitrogens with zero attached hydrogens (tertiary/aromatic N) is 1. The van der Waals surface area contributed by atoms with Gasteiger partial charge in [0.1, 0.15) is 18.3 Å². The van der Waals surface area contributed by atoms with Crippen LogP contribution in [0, 0.1) is 6.92 Å². The average molecular weight is 344 g/mol. The Labute approximate surface area is 138 Å². The molecule has 9 nitrogen and oxygen atoms in total. The maximum absolute atomic E-state index is 12.1. The normalized spacial score (nSPS) is 29.6. The monoisotopic (exact) mass is 344 g/mol. The zero-order valence-corrected chi connectivity index (χ0v) is 14.1. The van der Waals surface area contributed by atoms with E-state index in [1.165, 1.54) is 13.3 Å². The van der Waals surface area contributed by atoms with Crippen molar-refractivity contribution in [2.24, 2.45) is 0 Å². The molecule has 0 spiro atoms. The van der Waals surface area contributed by atoms with Crippen molar-refractivity contribution in [1.82, 2.24) is 9.55 Å². The van der Waals surface area contributed by atoms with Crippen LogP contribution in [-0.4, -0.2) is 64.0 Å². The van der Waals surface area contributed by atoms with E-state index in [1.54, 1.807) is 13.8 Å². The number of aromatic nitrogens is 2. The van der Waals surface area contributed by atoms with Crippen LogP contribution >= 0.6 is 0 Å². The first-order valence-electron chi connectivity index (χ1n) is 7.74. The molecule has 0 saturated carbocycles. The van der Waals surface area contributed by atoms with Crippen molar-refractivity contribution in [3.8, 4) is 0 Å². The summed E-state index contributed by atoms with van der Waals surface area (Å²) in [5, 5.41) is 19.7. The first-order valence-corrected chi connectivity index (χ1v) is 7.74. The Morgan fingerprint density at radius 3 is 2.62 bits per heavy atom. The molecule has 1 aliphatic heterocycles. The summed E-state index contributed by atoms with van der Waals surface area (Å²) >= 11 is 0. The fraction of sp³-hybridized carbons (Fsp3) is 0.733. The number of aryl methyl sites for hydroxylation is 1. The molecule has 3 N–H and O–H groups in total. The predicted octanol–water partition coefficient (Wildman–Crippen LogP) is -1.10. The molecular weight excluding hydrogens is 320 g/mol. The van der Waals surface area contributed by atoms with Crippen LogP contribution in [0.25, 0.3) is 0 Å².